The molecule has 6 aromatic carbocycles. The highest BCUT2D eigenvalue weighted by Gasteiger charge is 2.49. The molecule has 0 saturated heterocycles. The van der Waals surface area contributed by atoms with Crippen molar-refractivity contribution >= 4 is 0 Å². The number of hydrogen-bond acceptors (Lipinski definition) is 16. The van der Waals surface area contributed by atoms with Crippen LogP contribution in [0, 0.1) is 0 Å². The Balaban J connectivity index is 1.31. The SMILES string of the molecule is Oc1ccc2c(c1)O[C@@H](c1ccc(O)c(O)c1)[C@H](O)[C@H]2c1c(O)c2c(c([C@H]3c4ccc(O)cc4O[C@@H](c4ccc(O)c(O)c4)[C@@H]3O)c1O)O[C@H](c1ccc(O)c(O)c1)[C@@H](O)C2. The van der Waals surface area contributed by atoms with Crippen LogP contribution < -0.4 is 14.2 Å². The van der Waals surface area contributed by atoms with Crippen LogP contribution in [0.4, 0.5) is 0 Å². The van der Waals surface area contributed by atoms with Gasteiger partial charge in [-0.3, -0.25) is 0 Å². The van der Waals surface area contributed by atoms with Gasteiger partial charge in [0.2, 0.25) is 0 Å². The number of fused-ring (bicyclic) bond motifs is 3. The summed E-state index contributed by atoms with van der Waals surface area (Å²) >= 11 is 0. The molecule has 314 valence electrons. The first-order valence-corrected chi connectivity index (χ1v) is 19.0. The fourth-order valence-corrected chi connectivity index (χ4v) is 8.75. The van der Waals surface area contributed by atoms with Crippen LogP contribution in [0.3, 0.4) is 0 Å². The second-order valence-corrected chi connectivity index (χ2v) is 15.3. The van der Waals surface area contributed by atoms with Gasteiger partial charge in [0.15, 0.2) is 46.7 Å². The third kappa shape index (κ3) is 6.35. The summed E-state index contributed by atoms with van der Waals surface area (Å²) in [5.74, 6) is -7.77. The monoisotopic (exact) mass is 834 g/mol. The zero-order valence-electron chi connectivity index (χ0n) is 31.5. The van der Waals surface area contributed by atoms with Gasteiger partial charge in [-0.15, -0.1) is 0 Å². The van der Waals surface area contributed by atoms with Crippen molar-refractivity contribution in [2.45, 2.75) is 54.9 Å². The van der Waals surface area contributed by atoms with Crippen LogP contribution in [0.2, 0.25) is 0 Å². The zero-order valence-corrected chi connectivity index (χ0v) is 31.5. The first kappa shape index (κ1) is 39.1. The van der Waals surface area contributed by atoms with Crippen LogP contribution >= 0.6 is 0 Å². The maximum atomic E-state index is 12.9. The van der Waals surface area contributed by atoms with E-state index < -0.39 is 94.5 Å². The highest BCUT2D eigenvalue weighted by Crippen LogP contribution is 2.60. The Morgan fingerprint density at radius 3 is 1.28 bits per heavy atom. The molecule has 16 nitrogen and oxygen atoms in total. The van der Waals surface area contributed by atoms with E-state index >= 15 is 0 Å². The summed E-state index contributed by atoms with van der Waals surface area (Å²) in [5, 5.41) is 144. The molecule has 6 aromatic rings. The van der Waals surface area contributed by atoms with Gasteiger partial charge in [0.1, 0.15) is 58.6 Å². The van der Waals surface area contributed by atoms with Gasteiger partial charge in [-0.25, -0.2) is 0 Å². The van der Waals surface area contributed by atoms with Crippen molar-refractivity contribution in [3.63, 3.8) is 0 Å². The largest absolute Gasteiger partial charge is 0.508 e. The van der Waals surface area contributed by atoms with Crippen LogP contribution in [0.25, 0.3) is 0 Å². The van der Waals surface area contributed by atoms with Gasteiger partial charge in [-0.2, -0.15) is 0 Å². The zero-order chi connectivity index (χ0) is 43.2. The van der Waals surface area contributed by atoms with Gasteiger partial charge < -0.3 is 80.6 Å². The molecule has 0 bridgehead atoms. The number of phenols is 10. The summed E-state index contributed by atoms with van der Waals surface area (Å²) in [4.78, 5) is 0. The van der Waals surface area contributed by atoms with Crippen LogP contribution in [0.15, 0.2) is 91.0 Å². The molecule has 8 atom stereocenters. The van der Waals surface area contributed by atoms with E-state index in [1.54, 1.807) is 0 Å². The fraction of sp³-hybridized carbons (Fsp3) is 0.200. The Morgan fingerprint density at radius 1 is 0.410 bits per heavy atom. The van der Waals surface area contributed by atoms with Crippen molar-refractivity contribution in [3.8, 4) is 74.7 Å². The average Bonchev–Trinajstić information content (AvgIpc) is 3.22. The Hall–Kier alpha value is -7.40. The molecule has 0 unspecified atom stereocenters. The van der Waals surface area contributed by atoms with Gasteiger partial charge >= 0.3 is 0 Å². The molecule has 3 aliphatic heterocycles. The van der Waals surface area contributed by atoms with Crippen molar-refractivity contribution in [3.05, 3.63) is 136 Å². The van der Waals surface area contributed by atoms with E-state index in [1.165, 1.54) is 78.9 Å². The molecule has 0 aromatic heterocycles. The smallest absolute Gasteiger partial charge is 0.157 e. The normalized spacial score (nSPS) is 24.0. The van der Waals surface area contributed by atoms with Gasteiger partial charge in [-0.1, -0.05) is 30.3 Å². The molecule has 13 N–H and O–H groups in total. The van der Waals surface area contributed by atoms with E-state index in [9.17, 15) is 66.4 Å². The minimum absolute atomic E-state index is 0.00791. The van der Waals surface area contributed by atoms with Crippen molar-refractivity contribution < 1.29 is 80.6 Å². The Bertz CT molecular complexity index is 2730. The summed E-state index contributed by atoms with van der Waals surface area (Å²) < 4.78 is 18.9. The molecule has 16 heteroatoms. The number of hydrogen-bond donors (Lipinski definition) is 13. The highest BCUT2D eigenvalue weighted by molar-refractivity contribution is 5.70. The van der Waals surface area contributed by atoms with E-state index in [1.807, 2.05) is 0 Å². The molecule has 0 saturated carbocycles. The summed E-state index contributed by atoms with van der Waals surface area (Å²) in [7, 11) is 0. The molecule has 61 heavy (non-hydrogen) atoms. The Morgan fingerprint density at radius 2 is 0.836 bits per heavy atom. The molecular weight excluding hydrogens is 796 g/mol. The van der Waals surface area contributed by atoms with Crippen molar-refractivity contribution in [2.24, 2.45) is 0 Å². The van der Waals surface area contributed by atoms with Crippen molar-refractivity contribution in [2.75, 3.05) is 0 Å². The van der Waals surface area contributed by atoms with E-state index in [4.69, 9.17) is 14.2 Å². The van der Waals surface area contributed by atoms with Crippen molar-refractivity contribution in [1.82, 2.24) is 0 Å². The summed E-state index contributed by atoms with van der Waals surface area (Å²) in [6.07, 6.45) is -9.21. The molecule has 0 fully saturated rings. The third-order valence-electron chi connectivity index (χ3n) is 11.7. The average molecular weight is 835 g/mol. The van der Waals surface area contributed by atoms with Crippen LogP contribution in [0.1, 0.15) is 74.7 Å². The lowest BCUT2D eigenvalue weighted by atomic mass is 9.73. The minimum Gasteiger partial charge on any atom is -0.508 e. The van der Waals surface area contributed by atoms with Gasteiger partial charge in [-0.05, 0) is 65.2 Å². The number of phenolic OH excluding ortho intramolecular Hbond substituents is 10. The van der Waals surface area contributed by atoms with Gasteiger partial charge in [0.05, 0.1) is 6.10 Å². The lowest BCUT2D eigenvalue weighted by Crippen LogP contribution is -2.38. The van der Waals surface area contributed by atoms with Gasteiger partial charge in [0, 0.05) is 58.2 Å². The summed E-state index contributed by atoms with van der Waals surface area (Å²) in [6.45, 7) is 0. The summed E-state index contributed by atoms with van der Waals surface area (Å²) in [6, 6.07) is 19.2. The molecule has 9 rings (SSSR count). The lowest BCUT2D eigenvalue weighted by Gasteiger charge is -2.42. The van der Waals surface area contributed by atoms with E-state index in [0.717, 1.165) is 12.1 Å². The van der Waals surface area contributed by atoms with Crippen molar-refractivity contribution in [1.29, 1.82) is 0 Å². The predicted octanol–water partition coefficient (Wildman–Crippen LogP) is 5.03. The minimum atomic E-state index is -1.69. The number of aromatic hydroxyl groups is 10. The Labute approximate surface area is 345 Å². The van der Waals surface area contributed by atoms with E-state index in [-0.39, 0.29) is 79.7 Å². The first-order valence-electron chi connectivity index (χ1n) is 19.0. The Kier molecular flexibility index (Phi) is 9.23. The van der Waals surface area contributed by atoms with E-state index in [2.05, 4.69) is 0 Å². The van der Waals surface area contributed by atoms with Gasteiger partial charge in [0.25, 0.3) is 0 Å². The predicted molar refractivity (Wildman–Crippen MR) is 211 cm³/mol. The molecule has 0 amide bonds. The second-order valence-electron chi connectivity index (χ2n) is 15.3. The number of ether oxygens (including phenoxy) is 3. The molecule has 0 aliphatic carbocycles. The van der Waals surface area contributed by atoms with E-state index in [0.29, 0.717) is 0 Å². The second kappa shape index (κ2) is 14.4. The lowest BCUT2D eigenvalue weighted by molar-refractivity contribution is 0.000360. The first-order chi connectivity index (χ1) is 29.1. The third-order valence-corrected chi connectivity index (χ3v) is 11.7. The quantitative estimate of drug-likeness (QED) is 0.101. The van der Waals surface area contributed by atoms with Crippen LogP contribution in [-0.2, 0) is 6.42 Å². The topological polar surface area (TPSA) is 291 Å². The standard InChI is InChI=1S/C45H38O16/c46-20-4-6-22-32(14-20)59-43(18-2-9-26(49)29(52)12-18)40(57)34(22)36-38(55)24-16-31(54)42(17-1-8-25(48)28(51)11-17)61-45(24)37(39(36)56)35-23-7-5-21(47)15-33(23)60-44(41(35)58)19-3-10-27(50)30(53)13-19/h1-15,31,34-35,40-44,46-58H,16H2/t31-,34+,35+,40+,41+,42+,43-,44-/m0/s1. The molecular formula is C45H38O16. The fourth-order valence-electron chi connectivity index (χ4n) is 8.75. The molecule has 3 aliphatic rings. The number of aliphatic hydroxyl groups excluding tert-OH is 3. The van der Waals surface area contributed by atoms with Crippen LogP contribution in [0.5, 0.6) is 74.7 Å². The highest BCUT2D eigenvalue weighted by atomic mass is 16.5. The molecule has 0 spiro atoms. The number of rotatable bonds is 5. The number of benzene rings is 6. The maximum absolute atomic E-state index is 12.9. The maximum Gasteiger partial charge on any atom is 0.157 e. The molecule has 0 radical (unpaired) electrons. The van der Waals surface area contributed by atoms with Crippen LogP contribution in [-0.4, -0.2) is 84.7 Å². The number of aliphatic hydroxyl groups is 3. The summed E-state index contributed by atoms with van der Waals surface area (Å²) in [5.41, 5.74) is 0.295. The molecule has 3 heterocycles.